The molecule has 4 aliphatic carbocycles. The van der Waals surface area contributed by atoms with Gasteiger partial charge in [0.15, 0.2) is 0 Å². The predicted molar refractivity (Wildman–Crippen MR) is 118 cm³/mol. The van der Waals surface area contributed by atoms with E-state index in [9.17, 15) is 5.11 Å². The lowest BCUT2D eigenvalue weighted by Gasteiger charge is -2.60. The standard InChI is InChI=1S/C27H41NO/c1-26-15-4-3-7-20(26)9-10-21-22-11-12-24(27(22,2)16-14-23(21)26)25(29)13-8-19-6-5-17-28-18-19/h5-6,17-18,20-25,29H,3-4,7-16H2,1-2H3/t20-,21-,22-,23-,24+,25+,26-,27-/m0/s1. The van der Waals surface area contributed by atoms with Crippen molar-refractivity contribution in [3.8, 4) is 0 Å². The van der Waals surface area contributed by atoms with E-state index in [1.165, 1.54) is 69.8 Å². The molecule has 1 aromatic rings. The number of aromatic nitrogens is 1. The first kappa shape index (κ1) is 20.0. The van der Waals surface area contributed by atoms with Crippen LogP contribution in [0, 0.1) is 40.4 Å². The number of hydrogen-bond donors (Lipinski definition) is 1. The van der Waals surface area contributed by atoms with Crippen LogP contribution in [0.4, 0.5) is 0 Å². The normalized spacial score (nSPS) is 45.1. The first-order valence-electron chi connectivity index (χ1n) is 12.6. The Bertz CT molecular complexity index is 704. The van der Waals surface area contributed by atoms with Gasteiger partial charge in [-0.25, -0.2) is 0 Å². The smallest absolute Gasteiger partial charge is 0.0576 e. The second kappa shape index (κ2) is 7.66. The van der Waals surface area contributed by atoms with Crippen molar-refractivity contribution in [1.82, 2.24) is 4.98 Å². The van der Waals surface area contributed by atoms with E-state index in [-0.39, 0.29) is 6.10 Å². The third-order valence-electron chi connectivity index (χ3n) is 10.6. The number of aliphatic hydroxyl groups is 1. The molecule has 0 spiro atoms. The monoisotopic (exact) mass is 395 g/mol. The first-order chi connectivity index (χ1) is 14.0. The van der Waals surface area contributed by atoms with Gasteiger partial charge in [0.05, 0.1) is 6.10 Å². The van der Waals surface area contributed by atoms with Crippen molar-refractivity contribution in [3.63, 3.8) is 0 Å². The molecule has 0 saturated heterocycles. The summed E-state index contributed by atoms with van der Waals surface area (Å²) in [6.45, 7) is 5.24. The van der Waals surface area contributed by atoms with Gasteiger partial charge in [-0.2, -0.15) is 0 Å². The Morgan fingerprint density at radius 3 is 2.69 bits per heavy atom. The van der Waals surface area contributed by atoms with E-state index in [4.69, 9.17) is 0 Å². The Hall–Kier alpha value is -0.890. The van der Waals surface area contributed by atoms with Gasteiger partial charge in [-0.3, -0.25) is 4.98 Å². The highest BCUT2D eigenvalue weighted by Gasteiger charge is 2.60. The molecular formula is C27H41NO. The summed E-state index contributed by atoms with van der Waals surface area (Å²) in [5, 5.41) is 11.2. The van der Waals surface area contributed by atoms with Gasteiger partial charge in [0, 0.05) is 12.4 Å². The quantitative estimate of drug-likeness (QED) is 0.638. The molecule has 2 heteroatoms. The highest BCUT2D eigenvalue weighted by atomic mass is 16.3. The number of aryl methyl sites for hydroxylation is 1. The predicted octanol–water partition coefficient (Wildman–Crippen LogP) is 6.42. The second-order valence-corrected chi connectivity index (χ2v) is 11.6. The van der Waals surface area contributed by atoms with E-state index in [0.29, 0.717) is 16.7 Å². The van der Waals surface area contributed by atoms with E-state index in [0.717, 1.165) is 36.5 Å². The van der Waals surface area contributed by atoms with Crippen LogP contribution in [0.3, 0.4) is 0 Å². The van der Waals surface area contributed by atoms with Crippen LogP contribution >= 0.6 is 0 Å². The molecule has 2 nitrogen and oxygen atoms in total. The summed E-state index contributed by atoms with van der Waals surface area (Å²) < 4.78 is 0. The van der Waals surface area contributed by atoms with Crippen LogP contribution < -0.4 is 0 Å². The van der Waals surface area contributed by atoms with E-state index in [2.05, 4.69) is 24.9 Å². The summed E-state index contributed by atoms with van der Waals surface area (Å²) in [6.07, 6.45) is 19.8. The molecule has 1 heterocycles. The molecule has 5 rings (SSSR count). The van der Waals surface area contributed by atoms with Crippen LogP contribution in [0.2, 0.25) is 0 Å². The van der Waals surface area contributed by atoms with Crippen LogP contribution in [0.1, 0.15) is 90.0 Å². The highest BCUT2D eigenvalue weighted by Crippen LogP contribution is 2.67. The molecule has 8 atom stereocenters. The third-order valence-corrected chi connectivity index (χ3v) is 10.6. The number of fused-ring (bicyclic) bond motifs is 5. The maximum absolute atomic E-state index is 11.2. The number of rotatable bonds is 4. The number of hydrogen-bond acceptors (Lipinski definition) is 2. The van der Waals surface area contributed by atoms with E-state index >= 15 is 0 Å². The summed E-state index contributed by atoms with van der Waals surface area (Å²) >= 11 is 0. The average Bonchev–Trinajstić information content (AvgIpc) is 3.09. The Morgan fingerprint density at radius 1 is 1.00 bits per heavy atom. The molecule has 160 valence electrons. The average molecular weight is 396 g/mol. The van der Waals surface area contributed by atoms with Crippen LogP contribution in [0.5, 0.6) is 0 Å². The Labute approximate surface area is 177 Å². The van der Waals surface area contributed by atoms with E-state index in [1.807, 2.05) is 18.5 Å². The molecule has 4 saturated carbocycles. The van der Waals surface area contributed by atoms with Gasteiger partial charge in [-0.05, 0) is 116 Å². The lowest BCUT2D eigenvalue weighted by Crippen LogP contribution is -2.53. The zero-order valence-corrected chi connectivity index (χ0v) is 18.7. The van der Waals surface area contributed by atoms with Gasteiger partial charge < -0.3 is 5.11 Å². The van der Waals surface area contributed by atoms with Gasteiger partial charge in [0.1, 0.15) is 0 Å². The van der Waals surface area contributed by atoms with Crippen LogP contribution in [0.15, 0.2) is 24.5 Å². The molecule has 29 heavy (non-hydrogen) atoms. The minimum absolute atomic E-state index is 0.150. The molecule has 4 fully saturated rings. The van der Waals surface area contributed by atoms with Crippen molar-refractivity contribution < 1.29 is 5.11 Å². The molecule has 0 bridgehead atoms. The topological polar surface area (TPSA) is 33.1 Å². The Kier molecular flexibility index (Phi) is 5.29. The lowest BCUT2D eigenvalue weighted by atomic mass is 9.44. The molecule has 0 aromatic carbocycles. The first-order valence-corrected chi connectivity index (χ1v) is 12.6. The molecule has 0 radical (unpaired) electrons. The summed E-state index contributed by atoms with van der Waals surface area (Å²) in [7, 11) is 0. The van der Waals surface area contributed by atoms with Crippen LogP contribution in [-0.2, 0) is 6.42 Å². The third kappa shape index (κ3) is 3.29. The molecule has 1 aromatic heterocycles. The highest BCUT2D eigenvalue weighted by molar-refractivity contribution is 5.11. The van der Waals surface area contributed by atoms with E-state index in [1.54, 1.807) is 0 Å². The van der Waals surface area contributed by atoms with Crippen molar-refractivity contribution >= 4 is 0 Å². The largest absolute Gasteiger partial charge is 0.393 e. The maximum Gasteiger partial charge on any atom is 0.0576 e. The Balaban J connectivity index is 1.30. The second-order valence-electron chi connectivity index (χ2n) is 11.6. The minimum atomic E-state index is -0.150. The van der Waals surface area contributed by atoms with Gasteiger partial charge in [-0.1, -0.05) is 32.8 Å². The zero-order valence-electron chi connectivity index (χ0n) is 18.7. The summed E-state index contributed by atoms with van der Waals surface area (Å²) in [5.41, 5.74) is 2.26. The summed E-state index contributed by atoms with van der Waals surface area (Å²) in [5.74, 6) is 4.26. The fourth-order valence-corrected chi connectivity index (χ4v) is 9.03. The number of aliphatic hydroxyl groups excluding tert-OH is 1. The maximum atomic E-state index is 11.2. The fourth-order valence-electron chi connectivity index (χ4n) is 9.03. The number of pyridine rings is 1. The number of nitrogens with zero attached hydrogens (tertiary/aromatic N) is 1. The van der Waals surface area contributed by atoms with Crippen molar-refractivity contribution in [2.45, 2.75) is 97.0 Å². The van der Waals surface area contributed by atoms with Gasteiger partial charge in [-0.15, -0.1) is 0 Å². The van der Waals surface area contributed by atoms with Crippen molar-refractivity contribution in [3.05, 3.63) is 30.1 Å². The summed E-state index contributed by atoms with van der Waals surface area (Å²) in [4.78, 5) is 4.24. The fraction of sp³-hybridized carbons (Fsp3) is 0.815. The van der Waals surface area contributed by atoms with Crippen molar-refractivity contribution in [1.29, 1.82) is 0 Å². The molecule has 0 aliphatic heterocycles. The van der Waals surface area contributed by atoms with Crippen molar-refractivity contribution in [2.24, 2.45) is 40.4 Å². The minimum Gasteiger partial charge on any atom is -0.393 e. The van der Waals surface area contributed by atoms with Gasteiger partial charge >= 0.3 is 0 Å². The molecule has 0 amide bonds. The molecule has 4 aliphatic rings. The van der Waals surface area contributed by atoms with Crippen LogP contribution in [-0.4, -0.2) is 16.2 Å². The van der Waals surface area contributed by atoms with Gasteiger partial charge in [0.25, 0.3) is 0 Å². The lowest BCUT2D eigenvalue weighted by molar-refractivity contribution is -0.120. The van der Waals surface area contributed by atoms with Gasteiger partial charge in [0.2, 0.25) is 0 Å². The SMILES string of the molecule is C[C@]12CCCC[C@H]1CC[C@@H]1[C@@H]2CC[C@]2(C)[C@@H]([C@H](O)CCc3cccnc3)CC[C@@H]12. The Morgan fingerprint density at radius 2 is 1.86 bits per heavy atom. The zero-order chi connectivity index (χ0) is 20.1. The van der Waals surface area contributed by atoms with Crippen LogP contribution in [0.25, 0.3) is 0 Å². The molecule has 1 N–H and O–H groups in total. The molecule has 0 unspecified atom stereocenters. The summed E-state index contributed by atoms with van der Waals surface area (Å²) in [6, 6.07) is 4.16. The van der Waals surface area contributed by atoms with E-state index < -0.39 is 0 Å². The molecular weight excluding hydrogens is 354 g/mol. The van der Waals surface area contributed by atoms with Crippen molar-refractivity contribution in [2.75, 3.05) is 0 Å².